The molecular formula is C11H17NO. The Balaban J connectivity index is 2.13. The van der Waals surface area contributed by atoms with Crippen molar-refractivity contribution in [2.24, 2.45) is 5.73 Å². The van der Waals surface area contributed by atoms with Crippen molar-refractivity contribution < 1.29 is 4.74 Å². The van der Waals surface area contributed by atoms with Crippen molar-refractivity contribution in [2.75, 3.05) is 6.61 Å². The van der Waals surface area contributed by atoms with Gasteiger partial charge in [0.05, 0.1) is 6.61 Å². The summed E-state index contributed by atoms with van der Waals surface area (Å²) in [6.45, 7) is 3.42. The molecule has 0 heterocycles. The summed E-state index contributed by atoms with van der Waals surface area (Å²) in [5.41, 5.74) is 6.81. The number of hydrogen-bond acceptors (Lipinski definition) is 2. The van der Waals surface area contributed by atoms with Gasteiger partial charge in [-0.25, -0.2) is 0 Å². The fourth-order valence-corrected chi connectivity index (χ4v) is 1.03. The number of benzene rings is 1. The number of hydrogen-bond donors (Lipinski definition) is 1. The lowest BCUT2D eigenvalue weighted by molar-refractivity contribution is 0.115. The molecule has 0 aliphatic heterocycles. The van der Waals surface area contributed by atoms with Crippen LogP contribution >= 0.6 is 0 Å². The summed E-state index contributed by atoms with van der Waals surface area (Å²) in [5.74, 6) is 0. The zero-order valence-electron chi connectivity index (χ0n) is 8.07. The van der Waals surface area contributed by atoms with E-state index in [4.69, 9.17) is 10.5 Å². The maximum Gasteiger partial charge on any atom is 0.0716 e. The van der Waals surface area contributed by atoms with Crippen molar-refractivity contribution in [1.82, 2.24) is 0 Å². The zero-order chi connectivity index (χ0) is 9.52. The molecule has 2 nitrogen and oxygen atoms in total. The molecule has 72 valence electrons. The van der Waals surface area contributed by atoms with E-state index in [9.17, 15) is 0 Å². The summed E-state index contributed by atoms with van der Waals surface area (Å²) in [5, 5.41) is 0. The Morgan fingerprint density at radius 1 is 1.31 bits per heavy atom. The average molecular weight is 179 g/mol. The Kier molecular flexibility index (Phi) is 4.50. The van der Waals surface area contributed by atoms with Crippen LogP contribution < -0.4 is 5.73 Å². The number of nitrogens with two attached hydrogens (primary N) is 1. The predicted molar refractivity (Wildman–Crippen MR) is 54.4 cm³/mol. The summed E-state index contributed by atoms with van der Waals surface area (Å²) >= 11 is 0. The van der Waals surface area contributed by atoms with Crippen molar-refractivity contribution >= 4 is 0 Å². The molecule has 0 unspecified atom stereocenters. The maximum atomic E-state index is 5.59. The third-order valence-corrected chi connectivity index (χ3v) is 1.83. The van der Waals surface area contributed by atoms with E-state index < -0.39 is 0 Å². The van der Waals surface area contributed by atoms with E-state index in [2.05, 4.69) is 12.1 Å². The van der Waals surface area contributed by atoms with Crippen molar-refractivity contribution in [2.45, 2.75) is 26.0 Å². The van der Waals surface area contributed by atoms with Crippen molar-refractivity contribution in [3.05, 3.63) is 35.9 Å². The topological polar surface area (TPSA) is 35.2 Å². The molecule has 1 rings (SSSR count). The standard InChI is InChI=1S/C11H17NO/c1-10(12)7-8-13-9-11-5-3-2-4-6-11/h2-6,10H,7-9,12H2,1H3/t10-/m0/s1. The minimum Gasteiger partial charge on any atom is -0.377 e. The van der Waals surface area contributed by atoms with E-state index in [0.717, 1.165) is 13.0 Å². The molecule has 0 saturated heterocycles. The van der Waals surface area contributed by atoms with Gasteiger partial charge in [-0.1, -0.05) is 30.3 Å². The van der Waals surface area contributed by atoms with Crippen molar-refractivity contribution in [3.8, 4) is 0 Å². The smallest absolute Gasteiger partial charge is 0.0716 e. The molecule has 0 radical (unpaired) electrons. The molecule has 0 amide bonds. The fraction of sp³-hybridized carbons (Fsp3) is 0.455. The van der Waals surface area contributed by atoms with E-state index >= 15 is 0 Å². The monoisotopic (exact) mass is 179 g/mol. The first-order valence-electron chi connectivity index (χ1n) is 4.66. The molecule has 0 bridgehead atoms. The Bertz CT molecular complexity index is 221. The summed E-state index contributed by atoms with van der Waals surface area (Å²) in [6, 6.07) is 10.4. The Morgan fingerprint density at radius 3 is 2.62 bits per heavy atom. The summed E-state index contributed by atoms with van der Waals surface area (Å²) in [4.78, 5) is 0. The first kappa shape index (κ1) is 10.2. The quantitative estimate of drug-likeness (QED) is 0.701. The lowest BCUT2D eigenvalue weighted by Crippen LogP contribution is -2.17. The largest absolute Gasteiger partial charge is 0.377 e. The minimum atomic E-state index is 0.232. The molecule has 1 aromatic carbocycles. The second-order valence-electron chi connectivity index (χ2n) is 3.30. The van der Waals surface area contributed by atoms with Crippen LogP contribution in [0.3, 0.4) is 0 Å². The van der Waals surface area contributed by atoms with Gasteiger partial charge < -0.3 is 10.5 Å². The molecule has 1 atom stereocenters. The average Bonchev–Trinajstić information content (AvgIpc) is 2.14. The normalized spacial score (nSPS) is 12.8. The third kappa shape index (κ3) is 4.65. The molecule has 0 aromatic heterocycles. The second kappa shape index (κ2) is 5.73. The van der Waals surface area contributed by atoms with Gasteiger partial charge in [0.25, 0.3) is 0 Å². The van der Waals surface area contributed by atoms with Crippen molar-refractivity contribution in [1.29, 1.82) is 0 Å². The van der Waals surface area contributed by atoms with E-state index in [1.54, 1.807) is 0 Å². The summed E-state index contributed by atoms with van der Waals surface area (Å²) in [6.07, 6.45) is 0.923. The second-order valence-corrected chi connectivity index (χ2v) is 3.30. The van der Waals surface area contributed by atoms with Crippen LogP contribution in [0, 0.1) is 0 Å². The van der Waals surface area contributed by atoms with Crippen LogP contribution in [0.1, 0.15) is 18.9 Å². The highest BCUT2D eigenvalue weighted by Crippen LogP contribution is 2.00. The van der Waals surface area contributed by atoms with Crippen LogP contribution in [0.25, 0.3) is 0 Å². The lowest BCUT2D eigenvalue weighted by Gasteiger charge is -2.06. The van der Waals surface area contributed by atoms with Crippen LogP contribution in [-0.2, 0) is 11.3 Å². The summed E-state index contributed by atoms with van der Waals surface area (Å²) < 4.78 is 5.45. The zero-order valence-corrected chi connectivity index (χ0v) is 8.07. The Morgan fingerprint density at radius 2 is 2.00 bits per heavy atom. The molecule has 0 saturated carbocycles. The molecule has 0 spiro atoms. The first-order valence-corrected chi connectivity index (χ1v) is 4.66. The number of rotatable bonds is 5. The van der Waals surface area contributed by atoms with E-state index in [0.29, 0.717) is 6.61 Å². The van der Waals surface area contributed by atoms with Gasteiger partial charge in [0.1, 0.15) is 0 Å². The predicted octanol–water partition coefficient (Wildman–Crippen LogP) is 1.94. The van der Waals surface area contributed by atoms with Crippen LogP contribution in [0.4, 0.5) is 0 Å². The van der Waals surface area contributed by atoms with Gasteiger partial charge in [-0.3, -0.25) is 0 Å². The van der Waals surface area contributed by atoms with Crippen LogP contribution in [0.15, 0.2) is 30.3 Å². The molecule has 0 aliphatic carbocycles. The fourth-order valence-electron chi connectivity index (χ4n) is 1.03. The van der Waals surface area contributed by atoms with Gasteiger partial charge in [0, 0.05) is 12.6 Å². The highest BCUT2D eigenvalue weighted by molar-refractivity contribution is 5.13. The molecule has 13 heavy (non-hydrogen) atoms. The highest BCUT2D eigenvalue weighted by Gasteiger charge is 1.94. The Labute approximate surface area is 79.7 Å². The van der Waals surface area contributed by atoms with E-state index in [1.165, 1.54) is 5.56 Å². The molecule has 0 fully saturated rings. The number of ether oxygens (including phenoxy) is 1. The first-order chi connectivity index (χ1) is 6.29. The van der Waals surface area contributed by atoms with Crippen LogP contribution in [-0.4, -0.2) is 12.6 Å². The van der Waals surface area contributed by atoms with Gasteiger partial charge in [0.15, 0.2) is 0 Å². The molecule has 2 N–H and O–H groups in total. The van der Waals surface area contributed by atoms with Crippen LogP contribution in [0.2, 0.25) is 0 Å². The van der Waals surface area contributed by atoms with E-state index in [1.807, 2.05) is 25.1 Å². The van der Waals surface area contributed by atoms with Gasteiger partial charge in [0.2, 0.25) is 0 Å². The van der Waals surface area contributed by atoms with Crippen molar-refractivity contribution in [3.63, 3.8) is 0 Å². The van der Waals surface area contributed by atoms with Gasteiger partial charge in [-0.2, -0.15) is 0 Å². The van der Waals surface area contributed by atoms with E-state index in [-0.39, 0.29) is 6.04 Å². The molecule has 1 aromatic rings. The summed E-state index contributed by atoms with van der Waals surface area (Å²) in [7, 11) is 0. The SMILES string of the molecule is C[C@H](N)CCOCc1ccccc1. The molecule has 2 heteroatoms. The minimum absolute atomic E-state index is 0.232. The maximum absolute atomic E-state index is 5.59. The molecule has 0 aliphatic rings. The molecular weight excluding hydrogens is 162 g/mol. The Hall–Kier alpha value is -0.860. The lowest BCUT2D eigenvalue weighted by atomic mass is 10.2. The third-order valence-electron chi connectivity index (χ3n) is 1.83. The highest BCUT2D eigenvalue weighted by atomic mass is 16.5. The van der Waals surface area contributed by atoms with Gasteiger partial charge in [-0.15, -0.1) is 0 Å². The van der Waals surface area contributed by atoms with Gasteiger partial charge in [-0.05, 0) is 18.9 Å². The van der Waals surface area contributed by atoms with Crippen LogP contribution in [0.5, 0.6) is 0 Å². The van der Waals surface area contributed by atoms with Gasteiger partial charge >= 0.3 is 0 Å².